The predicted molar refractivity (Wildman–Crippen MR) is 77.1 cm³/mol. The second-order valence-corrected chi connectivity index (χ2v) is 5.01. The molecule has 0 aliphatic rings. The summed E-state index contributed by atoms with van der Waals surface area (Å²) in [6.07, 6.45) is 1.88. The summed E-state index contributed by atoms with van der Waals surface area (Å²) >= 11 is 0. The van der Waals surface area contributed by atoms with Crippen LogP contribution in [0, 0.1) is 5.92 Å². The number of nitrogens with one attached hydrogen (secondary N) is 2. The Kier molecular flexibility index (Phi) is 4.58. The van der Waals surface area contributed by atoms with Crippen LogP contribution in [0.2, 0.25) is 0 Å². The molecule has 0 saturated carbocycles. The molecule has 0 bridgehead atoms. The average molecular weight is 259 g/mol. The number of aromatic nitrogens is 2. The van der Waals surface area contributed by atoms with E-state index in [1.165, 1.54) is 0 Å². The van der Waals surface area contributed by atoms with Gasteiger partial charge in [-0.15, -0.1) is 0 Å². The fourth-order valence-electron chi connectivity index (χ4n) is 1.84. The van der Waals surface area contributed by atoms with Crippen molar-refractivity contribution in [1.82, 2.24) is 15.3 Å². The standard InChI is InChI=1S/C15H21N3O/c1-11(2)8-16-9-13-10-17-15(18-13)12-4-6-14(19-3)7-5-12/h4-7,10-11,16H,8-9H2,1-3H3,(H,17,18). The summed E-state index contributed by atoms with van der Waals surface area (Å²) in [5.41, 5.74) is 2.17. The fourth-order valence-corrected chi connectivity index (χ4v) is 1.84. The molecule has 1 heterocycles. The van der Waals surface area contributed by atoms with Gasteiger partial charge < -0.3 is 15.0 Å². The zero-order chi connectivity index (χ0) is 13.7. The number of imidazole rings is 1. The van der Waals surface area contributed by atoms with Gasteiger partial charge in [-0.05, 0) is 36.7 Å². The Labute approximate surface area is 114 Å². The summed E-state index contributed by atoms with van der Waals surface area (Å²) < 4.78 is 5.15. The zero-order valence-corrected chi connectivity index (χ0v) is 11.7. The lowest BCUT2D eigenvalue weighted by Gasteiger charge is -2.05. The van der Waals surface area contributed by atoms with Crippen LogP contribution < -0.4 is 10.1 Å². The number of benzene rings is 1. The van der Waals surface area contributed by atoms with Crippen molar-refractivity contribution in [2.45, 2.75) is 20.4 Å². The van der Waals surface area contributed by atoms with Crippen molar-refractivity contribution in [3.63, 3.8) is 0 Å². The van der Waals surface area contributed by atoms with Gasteiger partial charge in [0.05, 0.1) is 7.11 Å². The van der Waals surface area contributed by atoms with E-state index in [-0.39, 0.29) is 0 Å². The molecule has 2 aromatic rings. The van der Waals surface area contributed by atoms with Crippen molar-refractivity contribution >= 4 is 0 Å². The highest BCUT2D eigenvalue weighted by Gasteiger charge is 2.04. The molecule has 4 heteroatoms. The maximum atomic E-state index is 5.15. The van der Waals surface area contributed by atoms with Crippen LogP contribution in [0.1, 0.15) is 19.5 Å². The van der Waals surface area contributed by atoms with Crippen molar-refractivity contribution in [2.75, 3.05) is 13.7 Å². The molecule has 2 N–H and O–H groups in total. The lowest BCUT2D eigenvalue weighted by Crippen LogP contribution is -2.19. The summed E-state index contributed by atoms with van der Waals surface area (Å²) in [4.78, 5) is 7.73. The summed E-state index contributed by atoms with van der Waals surface area (Å²) in [7, 11) is 1.67. The summed E-state index contributed by atoms with van der Waals surface area (Å²) in [6, 6.07) is 7.88. The molecule has 0 aliphatic carbocycles. The molecule has 0 saturated heterocycles. The van der Waals surface area contributed by atoms with Gasteiger partial charge in [0.25, 0.3) is 0 Å². The molecule has 0 spiro atoms. The van der Waals surface area contributed by atoms with Crippen molar-refractivity contribution in [1.29, 1.82) is 0 Å². The smallest absolute Gasteiger partial charge is 0.137 e. The van der Waals surface area contributed by atoms with Gasteiger partial charge in [-0.25, -0.2) is 4.98 Å². The average Bonchev–Trinajstić information content (AvgIpc) is 2.87. The highest BCUT2D eigenvalue weighted by molar-refractivity contribution is 5.56. The van der Waals surface area contributed by atoms with Gasteiger partial charge in [0.2, 0.25) is 0 Å². The molecular formula is C15H21N3O. The van der Waals surface area contributed by atoms with E-state index in [9.17, 15) is 0 Å². The third-order valence-electron chi connectivity index (χ3n) is 2.86. The number of aromatic amines is 1. The first-order valence-electron chi connectivity index (χ1n) is 6.58. The van der Waals surface area contributed by atoms with Crippen LogP contribution in [0.25, 0.3) is 11.4 Å². The second-order valence-electron chi connectivity index (χ2n) is 5.01. The number of nitrogens with zero attached hydrogens (tertiary/aromatic N) is 1. The molecule has 0 atom stereocenters. The van der Waals surface area contributed by atoms with Crippen LogP contribution in [0.15, 0.2) is 30.5 Å². The van der Waals surface area contributed by atoms with Crippen molar-refractivity contribution in [2.24, 2.45) is 5.92 Å². The van der Waals surface area contributed by atoms with Crippen LogP contribution in [0.5, 0.6) is 5.75 Å². The Morgan fingerprint density at radius 3 is 2.63 bits per heavy atom. The van der Waals surface area contributed by atoms with Crippen molar-refractivity contribution in [3.05, 3.63) is 36.2 Å². The Morgan fingerprint density at radius 1 is 1.26 bits per heavy atom. The van der Waals surface area contributed by atoms with E-state index >= 15 is 0 Å². The normalized spacial score (nSPS) is 10.9. The Hall–Kier alpha value is -1.81. The SMILES string of the molecule is COc1ccc(-c2ncc(CNCC(C)C)[nH]2)cc1. The van der Waals surface area contributed by atoms with E-state index in [1.54, 1.807) is 7.11 Å². The third-order valence-corrected chi connectivity index (χ3v) is 2.86. The number of hydrogen-bond acceptors (Lipinski definition) is 3. The first-order valence-corrected chi connectivity index (χ1v) is 6.58. The van der Waals surface area contributed by atoms with Gasteiger partial charge in [0.1, 0.15) is 11.6 Å². The van der Waals surface area contributed by atoms with Crippen LogP contribution >= 0.6 is 0 Å². The first kappa shape index (κ1) is 13.6. The molecule has 0 aliphatic heterocycles. The molecule has 0 unspecified atom stereocenters. The molecule has 4 nitrogen and oxygen atoms in total. The van der Waals surface area contributed by atoms with Crippen LogP contribution in [-0.4, -0.2) is 23.6 Å². The van der Waals surface area contributed by atoms with Crippen LogP contribution in [-0.2, 0) is 6.54 Å². The molecule has 0 amide bonds. The molecule has 2 rings (SSSR count). The molecule has 19 heavy (non-hydrogen) atoms. The number of hydrogen-bond donors (Lipinski definition) is 2. The van der Waals surface area contributed by atoms with Gasteiger partial charge in [0.15, 0.2) is 0 Å². The van der Waals surface area contributed by atoms with Gasteiger partial charge in [-0.2, -0.15) is 0 Å². The van der Waals surface area contributed by atoms with E-state index in [0.717, 1.165) is 35.9 Å². The van der Waals surface area contributed by atoms with Gasteiger partial charge in [-0.1, -0.05) is 13.8 Å². The first-order chi connectivity index (χ1) is 9.19. The minimum Gasteiger partial charge on any atom is -0.497 e. The molecule has 0 fully saturated rings. The van der Waals surface area contributed by atoms with E-state index in [4.69, 9.17) is 4.74 Å². The lowest BCUT2D eigenvalue weighted by atomic mass is 10.2. The Balaban J connectivity index is 1.99. The van der Waals surface area contributed by atoms with Gasteiger partial charge in [-0.3, -0.25) is 0 Å². The highest BCUT2D eigenvalue weighted by atomic mass is 16.5. The van der Waals surface area contributed by atoms with E-state index in [2.05, 4.69) is 29.1 Å². The summed E-state index contributed by atoms with van der Waals surface area (Å²) in [5.74, 6) is 2.40. The molecule has 1 aromatic heterocycles. The lowest BCUT2D eigenvalue weighted by molar-refractivity contribution is 0.415. The predicted octanol–water partition coefficient (Wildman–Crippen LogP) is 2.83. The van der Waals surface area contributed by atoms with E-state index < -0.39 is 0 Å². The number of ether oxygens (including phenoxy) is 1. The second kappa shape index (κ2) is 6.38. The number of H-pyrrole nitrogens is 1. The minimum atomic E-state index is 0.656. The van der Waals surface area contributed by atoms with Gasteiger partial charge >= 0.3 is 0 Å². The monoisotopic (exact) mass is 259 g/mol. The van der Waals surface area contributed by atoms with E-state index in [0.29, 0.717) is 5.92 Å². The third kappa shape index (κ3) is 3.83. The molecular weight excluding hydrogens is 238 g/mol. The topological polar surface area (TPSA) is 49.9 Å². The minimum absolute atomic E-state index is 0.656. The largest absolute Gasteiger partial charge is 0.497 e. The van der Waals surface area contributed by atoms with Gasteiger partial charge in [0, 0.05) is 24.0 Å². The fraction of sp³-hybridized carbons (Fsp3) is 0.400. The van der Waals surface area contributed by atoms with Crippen molar-refractivity contribution in [3.8, 4) is 17.1 Å². The highest BCUT2D eigenvalue weighted by Crippen LogP contribution is 2.19. The number of rotatable bonds is 6. The quantitative estimate of drug-likeness (QED) is 0.838. The van der Waals surface area contributed by atoms with Crippen LogP contribution in [0.4, 0.5) is 0 Å². The molecule has 0 radical (unpaired) electrons. The van der Waals surface area contributed by atoms with Crippen LogP contribution in [0.3, 0.4) is 0 Å². The maximum absolute atomic E-state index is 5.15. The number of methoxy groups -OCH3 is 1. The maximum Gasteiger partial charge on any atom is 0.137 e. The summed E-state index contributed by atoms with van der Waals surface area (Å²) in [5, 5.41) is 3.39. The molecule has 1 aromatic carbocycles. The van der Waals surface area contributed by atoms with E-state index in [1.807, 2.05) is 30.5 Å². The van der Waals surface area contributed by atoms with Crippen molar-refractivity contribution < 1.29 is 4.74 Å². The molecule has 102 valence electrons. The summed E-state index contributed by atoms with van der Waals surface area (Å²) in [6.45, 7) is 6.23. The Morgan fingerprint density at radius 2 is 2.00 bits per heavy atom. The Bertz CT molecular complexity index is 502. The zero-order valence-electron chi connectivity index (χ0n) is 11.7.